The highest BCUT2D eigenvalue weighted by Crippen LogP contribution is 2.08. The van der Waals surface area contributed by atoms with Crippen molar-refractivity contribution < 1.29 is 4.79 Å². The summed E-state index contributed by atoms with van der Waals surface area (Å²) < 4.78 is 0. The molecule has 1 atom stereocenters. The molecular formula is C16H21N3OS. The van der Waals surface area contributed by atoms with Crippen LogP contribution in [0.15, 0.2) is 35.7 Å². The van der Waals surface area contributed by atoms with Gasteiger partial charge in [-0.05, 0) is 25.3 Å². The van der Waals surface area contributed by atoms with Gasteiger partial charge in [0.1, 0.15) is 0 Å². The Labute approximate surface area is 129 Å². The molecule has 112 valence electrons. The van der Waals surface area contributed by atoms with Crippen molar-refractivity contribution in [2.24, 2.45) is 5.73 Å². The van der Waals surface area contributed by atoms with Crippen LogP contribution < -0.4 is 11.1 Å². The number of benzene rings is 1. The minimum Gasteiger partial charge on any atom is -0.354 e. The maximum Gasteiger partial charge on any atom is 0.236 e. The molecule has 1 amide bonds. The van der Waals surface area contributed by atoms with Crippen molar-refractivity contribution in [2.75, 3.05) is 6.54 Å². The number of hydrogen-bond acceptors (Lipinski definition) is 4. The van der Waals surface area contributed by atoms with Gasteiger partial charge in [0.2, 0.25) is 5.91 Å². The van der Waals surface area contributed by atoms with Crippen molar-refractivity contribution in [3.05, 3.63) is 52.0 Å². The van der Waals surface area contributed by atoms with E-state index in [1.807, 2.05) is 30.5 Å². The standard InChI is InChI=1S/C16H21N3OS/c1-12-19-14(11-21-12)9-10-18-16(20)15(17)8-7-13-5-3-2-4-6-13/h2-6,11,15H,7-10,17H2,1H3,(H,18,20). The summed E-state index contributed by atoms with van der Waals surface area (Å²) in [5, 5.41) is 5.95. The van der Waals surface area contributed by atoms with Crippen LogP contribution in [-0.4, -0.2) is 23.5 Å². The lowest BCUT2D eigenvalue weighted by Gasteiger charge is -2.11. The average molecular weight is 303 g/mol. The van der Waals surface area contributed by atoms with E-state index in [1.165, 1.54) is 5.56 Å². The number of hydrogen-bond donors (Lipinski definition) is 2. The molecule has 0 fully saturated rings. The largest absolute Gasteiger partial charge is 0.354 e. The number of carbonyl (C=O) groups is 1. The van der Waals surface area contributed by atoms with Gasteiger partial charge in [0.05, 0.1) is 16.7 Å². The molecule has 0 aliphatic carbocycles. The third-order valence-corrected chi connectivity index (χ3v) is 4.09. The highest BCUT2D eigenvalue weighted by molar-refractivity contribution is 7.09. The van der Waals surface area contributed by atoms with Gasteiger partial charge in [0.15, 0.2) is 0 Å². The van der Waals surface area contributed by atoms with Gasteiger partial charge >= 0.3 is 0 Å². The van der Waals surface area contributed by atoms with Gasteiger partial charge in [0.25, 0.3) is 0 Å². The number of carbonyl (C=O) groups excluding carboxylic acids is 1. The Hall–Kier alpha value is -1.72. The van der Waals surface area contributed by atoms with E-state index in [0.717, 1.165) is 23.5 Å². The summed E-state index contributed by atoms with van der Waals surface area (Å²) in [5.74, 6) is -0.0853. The second-order valence-corrected chi connectivity index (χ2v) is 6.09. The molecule has 3 N–H and O–H groups in total. The third kappa shape index (κ3) is 5.28. The van der Waals surface area contributed by atoms with Crippen molar-refractivity contribution in [3.8, 4) is 0 Å². The van der Waals surface area contributed by atoms with Crippen molar-refractivity contribution in [1.29, 1.82) is 0 Å². The summed E-state index contributed by atoms with van der Waals surface area (Å²) >= 11 is 1.63. The molecule has 2 rings (SSSR count). The lowest BCUT2D eigenvalue weighted by molar-refractivity contribution is -0.122. The lowest BCUT2D eigenvalue weighted by atomic mass is 10.1. The highest BCUT2D eigenvalue weighted by atomic mass is 32.1. The van der Waals surface area contributed by atoms with Crippen LogP contribution in [0.25, 0.3) is 0 Å². The van der Waals surface area contributed by atoms with Crippen molar-refractivity contribution in [3.63, 3.8) is 0 Å². The second-order valence-electron chi connectivity index (χ2n) is 5.03. The molecule has 0 radical (unpaired) electrons. The van der Waals surface area contributed by atoms with Gasteiger partial charge in [-0.3, -0.25) is 4.79 Å². The molecule has 1 heterocycles. The van der Waals surface area contributed by atoms with E-state index in [0.29, 0.717) is 13.0 Å². The Morgan fingerprint density at radius 2 is 2.10 bits per heavy atom. The summed E-state index contributed by atoms with van der Waals surface area (Å²) in [5.41, 5.74) is 8.15. The maximum absolute atomic E-state index is 11.9. The quantitative estimate of drug-likeness (QED) is 0.823. The molecule has 21 heavy (non-hydrogen) atoms. The van der Waals surface area contributed by atoms with Crippen molar-refractivity contribution in [1.82, 2.24) is 10.3 Å². The van der Waals surface area contributed by atoms with Crippen LogP contribution in [0.2, 0.25) is 0 Å². The fourth-order valence-electron chi connectivity index (χ4n) is 2.07. The van der Waals surface area contributed by atoms with Crippen molar-refractivity contribution in [2.45, 2.75) is 32.2 Å². The third-order valence-electron chi connectivity index (χ3n) is 3.27. The summed E-state index contributed by atoms with van der Waals surface area (Å²) in [6.45, 7) is 2.56. The smallest absolute Gasteiger partial charge is 0.236 e. The molecule has 0 aliphatic rings. The van der Waals surface area contributed by atoms with Gasteiger partial charge < -0.3 is 11.1 Å². The second kappa shape index (κ2) is 7.90. The SMILES string of the molecule is Cc1nc(CCNC(=O)C(N)CCc2ccccc2)cs1. The Morgan fingerprint density at radius 3 is 2.76 bits per heavy atom. The zero-order chi connectivity index (χ0) is 15.1. The molecule has 0 saturated carbocycles. The number of thiazole rings is 1. The van der Waals surface area contributed by atoms with E-state index in [2.05, 4.69) is 22.4 Å². The first-order chi connectivity index (χ1) is 10.1. The predicted molar refractivity (Wildman–Crippen MR) is 86.3 cm³/mol. The number of nitrogens with two attached hydrogens (primary N) is 1. The molecule has 2 aromatic rings. The fraction of sp³-hybridized carbons (Fsp3) is 0.375. The topological polar surface area (TPSA) is 68.0 Å². The fourth-order valence-corrected chi connectivity index (χ4v) is 2.71. The molecule has 0 aliphatic heterocycles. The summed E-state index contributed by atoms with van der Waals surface area (Å²) in [6.07, 6.45) is 2.23. The molecule has 5 heteroatoms. The Bertz CT molecular complexity index is 568. The summed E-state index contributed by atoms with van der Waals surface area (Å²) in [6, 6.07) is 9.62. The van der Waals surface area contributed by atoms with Crippen LogP contribution in [0.1, 0.15) is 22.7 Å². The lowest BCUT2D eigenvalue weighted by Crippen LogP contribution is -2.41. The first-order valence-electron chi connectivity index (χ1n) is 7.13. The molecule has 1 unspecified atom stereocenters. The Balaban J connectivity index is 1.67. The van der Waals surface area contributed by atoms with Gasteiger partial charge in [-0.1, -0.05) is 30.3 Å². The summed E-state index contributed by atoms with van der Waals surface area (Å²) in [7, 11) is 0. The van der Waals surface area contributed by atoms with E-state index in [-0.39, 0.29) is 5.91 Å². The number of aryl methyl sites for hydroxylation is 2. The first kappa shape index (κ1) is 15.7. The number of nitrogens with one attached hydrogen (secondary N) is 1. The molecule has 4 nitrogen and oxygen atoms in total. The van der Waals surface area contributed by atoms with Gasteiger partial charge in [0, 0.05) is 18.3 Å². The number of rotatable bonds is 7. The van der Waals surface area contributed by atoms with Crippen LogP contribution in [-0.2, 0) is 17.6 Å². The van der Waals surface area contributed by atoms with Crippen LogP contribution in [0.3, 0.4) is 0 Å². The zero-order valence-corrected chi connectivity index (χ0v) is 13.0. The van der Waals surface area contributed by atoms with Crippen LogP contribution in [0.5, 0.6) is 0 Å². The molecular weight excluding hydrogens is 282 g/mol. The molecule has 0 saturated heterocycles. The minimum absolute atomic E-state index is 0.0853. The van der Waals surface area contributed by atoms with E-state index >= 15 is 0 Å². The van der Waals surface area contributed by atoms with Gasteiger partial charge in [-0.2, -0.15) is 0 Å². The molecule has 1 aromatic heterocycles. The van der Waals surface area contributed by atoms with Crippen LogP contribution in [0, 0.1) is 6.92 Å². The zero-order valence-electron chi connectivity index (χ0n) is 12.2. The van der Waals surface area contributed by atoms with Gasteiger partial charge in [-0.15, -0.1) is 11.3 Å². The van der Waals surface area contributed by atoms with Crippen molar-refractivity contribution >= 4 is 17.2 Å². The van der Waals surface area contributed by atoms with E-state index in [9.17, 15) is 4.79 Å². The minimum atomic E-state index is -0.456. The monoisotopic (exact) mass is 303 g/mol. The molecule has 1 aromatic carbocycles. The number of amides is 1. The normalized spacial score (nSPS) is 12.1. The first-order valence-corrected chi connectivity index (χ1v) is 8.01. The summed E-state index contributed by atoms with van der Waals surface area (Å²) in [4.78, 5) is 16.3. The predicted octanol–water partition coefficient (Wildman–Crippen LogP) is 2.07. The molecule has 0 bridgehead atoms. The van der Waals surface area contributed by atoms with Crippen LogP contribution >= 0.6 is 11.3 Å². The van der Waals surface area contributed by atoms with E-state index in [1.54, 1.807) is 11.3 Å². The average Bonchev–Trinajstić information content (AvgIpc) is 2.91. The Morgan fingerprint density at radius 1 is 1.33 bits per heavy atom. The van der Waals surface area contributed by atoms with E-state index in [4.69, 9.17) is 5.73 Å². The Kier molecular flexibility index (Phi) is 5.90. The van der Waals surface area contributed by atoms with Crippen LogP contribution in [0.4, 0.5) is 0 Å². The highest BCUT2D eigenvalue weighted by Gasteiger charge is 2.12. The number of nitrogens with zero attached hydrogens (tertiary/aromatic N) is 1. The van der Waals surface area contributed by atoms with E-state index < -0.39 is 6.04 Å². The molecule has 0 spiro atoms. The van der Waals surface area contributed by atoms with Gasteiger partial charge in [-0.25, -0.2) is 4.98 Å². The number of aromatic nitrogens is 1. The maximum atomic E-state index is 11.9.